The second kappa shape index (κ2) is 10.6. The Kier molecular flexibility index (Phi) is 9.20. The maximum Gasteiger partial charge on any atom is 0.460 e. The Labute approximate surface area is 200 Å². The Morgan fingerprint density at radius 3 is 1.65 bits per heavy atom. The van der Waals surface area contributed by atoms with Crippen LogP contribution in [0, 0.1) is 5.92 Å². The fourth-order valence-electron chi connectivity index (χ4n) is 2.56. The number of esters is 1. The van der Waals surface area contributed by atoms with Crippen molar-refractivity contribution >= 4 is 11.9 Å². The van der Waals surface area contributed by atoms with E-state index in [4.69, 9.17) is 0 Å². The number of carbonyl (C=O) groups is 2. The minimum atomic E-state index is -8.08. The molecule has 0 heterocycles. The Hall–Kier alpha value is -2.75. The minimum absolute atomic E-state index is 0.388. The summed E-state index contributed by atoms with van der Waals surface area (Å²) in [5, 5.41) is 1.44. The van der Waals surface area contributed by atoms with Gasteiger partial charge in [0.25, 0.3) is 5.91 Å². The first kappa shape index (κ1) is 32.3. The molecule has 0 spiro atoms. The molecule has 1 rings (SSSR count). The van der Waals surface area contributed by atoms with E-state index in [0.29, 0.717) is 0 Å². The summed E-state index contributed by atoms with van der Waals surface area (Å²) >= 11 is 0. The Bertz CT molecular complexity index is 947. The van der Waals surface area contributed by atoms with Crippen LogP contribution in [0.5, 0.6) is 0 Å². The Balaban J connectivity index is 3.44. The summed E-state index contributed by atoms with van der Waals surface area (Å²) in [6, 6.07) is 2.87. The third-order valence-corrected chi connectivity index (χ3v) is 4.64. The lowest BCUT2D eigenvalue weighted by atomic mass is 9.91. The largest absolute Gasteiger partial charge is 0.464 e. The van der Waals surface area contributed by atoms with Gasteiger partial charge in [-0.25, -0.2) is 4.79 Å². The summed E-state index contributed by atoms with van der Waals surface area (Å²) in [6.07, 6.45) is -10.5. The van der Waals surface area contributed by atoms with E-state index >= 15 is 0 Å². The van der Waals surface area contributed by atoms with Gasteiger partial charge in [0.2, 0.25) is 0 Å². The number of benzene rings is 1. The first-order valence-corrected chi connectivity index (χ1v) is 9.92. The molecule has 1 aromatic rings. The molecule has 0 saturated heterocycles. The number of amides is 1. The SMILES string of the molecule is CC(C)COC(=O)C(CC(F)(F)C(F)(F)C(F)(F)C(F)(F)C(F)(F)C(F)(F)F)NC(=O)c1ccccc1. The van der Waals surface area contributed by atoms with E-state index in [-0.39, 0.29) is 5.56 Å². The molecule has 37 heavy (non-hydrogen) atoms. The summed E-state index contributed by atoms with van der Waals surface area (Å²) < 4.78 is 178. The van der Waals surface area contributed by atoms with Crippen molar-refractivity contribution in [3.63, 3.8) is 0 Å². The third kappa shape index (κ3) is 6.22. The lowest BCUT2D eigenvalue weighted by molar-refractivity contribution is -0.440. The lowest BCUT2D eigenvalue weighted by Gasteiger charge is -2.40. The van der Waals surface area contributed by atoms with Gasteiger partial charge in [-0.2, -0.15) is 57.1 Å². The second-order valence-corrected chi connectivity index (χ2v) is 8.12. The van der Waals surface area contributed by atoms with Crippen molar-refractivity contribution < 1.29 is 71.4 Å². The Morgan fingerprint density at radius 2 is 1.22 bits per heavy atom. The van der Waals surface area contributed by atoms with Gasteiger partial charge in [0.05, 0.1) is 6.61 Å². The van der Waals surface area contributed by atoms with Gasteiger partial charge in [-0.1, -0.05) is 32.0 Å². The highest BCUT2D eigenvalue weighted by Crippen LogP contribution is 2.60. The second-order valence-electron chi connectivity index (χ2n) is 8.12. The first-order valence-electron chi connectivity index (χ1n) is 9.92. The molecule has 1 unspecified atom stereocenters. The van der Waals surface area contributed by atoms with Crippen LogP contribution in [0.4, 0.5) is 57.1 Å². The molecule has 1 amide bonds. The van der Waals surface area contributed by atoms with Crippen LogP contribution in [0.3, 0.4) is 0 Å². The first-order chi connectivity index (χ1) is 16.4. The number of ether oxygens (including phenoxy) is 1. The molecule has 0 saturated carbocycles. The van der Waals surface area contributed by atoms with E-state index in [1.807, 2.05) is 0 Å². The fourth-order valence-corrected chi connectivity index (χ4v) is 2.56. The quantitative estimate of drug-likeness (QED) is 0.259. The van der Waals surface area contributed by atoms with Crippen LogP contribution in [0.1, 0.15) is 30.6 Å². The molecule has 0 aliphatic heterocycles. The summed E-state index contributed by atoms with van der Waals surface area (Å²) in [5.41, 5.74) is -0.388. The molecule has 0 fully saturated rings. The minimum Gasteiger partial charge on any atom is -0.464 e. The average molecular weight is 567 g/mol. The molecule has 1 aromatic carbocycles. The third-order valence-electron chi connectivity index (χ3n) is 4.64. The van der Waals surface area contributed by atoms with Crippen LogP contribution in [-0.4, -0.2) is 60.3 Å². The van der Waals surface area contributed by atoms with E-state index in [9.17, 15) is 66.7 Å². The summed E-state index contributed by atoms with van der Waals surface area (Å²) in [5.74, 6) is -42.1. The lowest BCUT2D eigenvalue weighted by Crippen LogP contribution is -2.70. The number of alkyl halides is 13. The number of carbonyl (C=O) groups excluding carboxylic acids is 2. The smallest absolute Gasteiger partial charge is 0.460 e. The number of nitrogens with one attached hydrogen (secondary N) is 1. The van der Waals surface area contributed by atoms with E-state index < -0.39 is 72.7 Å². The predicted octanol–water partition coefficient (Wildman–Crippen LogP) is 6.11. The van der Waals surface area contributed by atoms with Crippen molar-refractivity contribution in [2.75, 3.05) is 6.61 Å². The zero-order valence-corrected chi connectivity index (χ0v) is 18.6. The number of halogens is 13. The highest BCUT2D eigenvalue weighted by molar-refractivity contribution is 5.96. The predicted molar refractivity (Wildman–Crippen MR) is 98.9 cm³/mol. The standard InChI is InChI=1S/C20H18F13NO3/c1-10(2)9-37-14(36)12(34-13(35)11-6-4-3-5-7-11)8-15(21,22)16(23,24)17(25,26)18(27,28)19(29,30)20(31,32)33/h3-7,10,12H,8-9H2,1-2H3,(H,34,35). The molecule has 4 nitrogen and oxygen atoms in total. The van der Waals surface area contributed by atoms with Gasteiger partial charge in [0.1, 0.15) is 6.04 Å². The number of hydrogen-bond acceptors (Lipinski definition) is 3. The summed E-state index contributed by atoms with van der Waals surface area (Å²) in [6.45, 7) is 2.21. The number of rotatable bonds is 11. The summed E-state index contributed by atoms with van der Waals surface area (Å²) in [7, 11) is 0. The van der Waals surface area contributed by atoms with Crippen LogP contribution < -0.4 is 5.32 Å². The highest BCUT2D eigenvalue weighted by Gasteiger charge is 2.90. The van der Waals surface area contributed by atoms with E-state index in [1.165, 1.54) is 37.4 Å². The van der Waals surface area contributed by atoms with E-state index in [1.54, 1.807) is 0 Å². The molecule has 0 aromatic heterocycles. The van der Waals surface area contributed by atoms with Gasteiger partial charge < -0.3 is 10.1 Å². The Morgan fingerprint density at radius 1 is 0.757 bits per heavy atom. The van der Waals surface area contributed by atoms with Crippen LogP contribution in [-0.2, 0) is 9.53 Å². The molecule has 17 heteroatoms. The monoisotopic (exact) mass is 567 g/mol. The van der Waals surface area contributed by atoms with E-state index in [2.05, 4.69) is 4.74 Å². The zero-order chi connectivity index (χ0) is 29.3. The van der Waals surface area contributed by atoms with Crippen molar-refractivity contribution in [1.29, 1.82) is 0 Å². The number of hydrogen-bond donors (Lipinski definition) is 1. The molecule has 1 atom stereocenters. The normalized spacial score (nSPS) is 14.9. The highest BCUT2D eigenvalue weighted by atomic mass is 19.4. The van der Waals surface area contributed by atoms with Crippen LogP contribution >= 0.6 is 0 Å². The molecule has 0 aliphatic carbocycles. The fraction of sp³-hybridized carbons (Fsp3) is 0.600. The van der Waals surface area contributed by atoms with Crippen LogP contribution in [0.25, 0.3) is 0 Å². The van der Waals surface area contributed by atoms with Gasteiger partial charge >= 0.3 is 41.8 Å². The molecule has 0 bridgehead atoms. The van der Waals surface area contributed by atoms with Crippen molar-refractivity contribution in [2.45, 2.75) is 62.1 Å². The van der Waals surface area contributed by atoms with Gasteiger partial charge in [-0.15, -0.1) is 0 Å². The molecular formula is C20H18F13NO3. The van der Waals surface area contributed by atoms with Crippen LogP contribution in [0.15, 0.2) is 30.3 Å². The van der Waals surface area contributed by atoms with Crippen molar-refractivity contribution in [3.8, 4) is 0 Å². The average Bonchev–Trinajstić information content (AvgIpc) is 2.75. The van der Waals surface area contributed by atoms with Gasteiger partial charge in [0.15, 0.2) is 0 Å². The summed E-state index contributed by atoms with van der Waals surface area (Å²) in [4.78, 5) is 24.3. The molecule has 1 N–H and O–H groups in total. The van der Waals surface area contributed by atoms with Gasteiger partial charge in [-0.3, -0.25) is 4.79 Å². The van der Waals surface area contributed by atoms with Crippen molar-refractivity contribution in [3.05, 3.63) is 35.9 Å². The maximum absolute atomic E-state index is 14.3. The van der Waals surface area contributed by atoms with E-state index in [0.717, 1.165) is 12.1 Å². The van der Waals surface area contributed by atoms with Gasteiger partial charge in [0, 0.05) is 12.0 Å². The molecule has 0 aliphatic rings. The molecule has 212 valence electrons. The van der Waals surface area contributed by atoms with Crippen molar-refractivity contribution in [1.82, 2.24) is 5.32 Å². The molecular weight excluding hydrogens is 549 g/mol. The van der Waals surface area contributed by atoms with Crippen LogP contribution in [0.2, 0.25) is 0 Å². The van der Waals surface area contributed by atoms with Crippen molar-refractivity contribution in [2.24, 2.45) is 5.92 Å². The zero-order valence-electron chi connectivity index (χ0n) is 18.6. The molecule has 0 radical (unpaired) electrons. The maximum atomic E-state index is 14.3. The van der Waals surface area contributed by atoms with Gasteiger partial charge in [-0.05, 0) is 18.1 Å². The topological polar surface area (TPSA) is 55.4 Å².